The first-order valence-electron chi connectivity index (χ1n) is 11.7. The van der Waals surface area contributed by atoms with Crippen LogP contribution in [0.25, 0.3) is 11.3 Å². The highest BCUT2D eigenvalue weighted by Gasteiger charge is 2.28. The van der Waals surface area contributed by atoms with Gasteiger partial charge in [0.15, 0.2) is 0 Å². The summed E-state index contributed by atoms with van der Waals surface area (Å²) in [6.45, 7) is 7.59. The molecule has 0 aromatic carbocycles. The van der Waals surface area contributed by atoms with Crippen molar-refractivity contribution in [1.82, 2.24) is 15.3 Å². The highest BCUT2D eigenvalue weighted by Crippen LogP contribution is 2.34. The molecular weight excluding hydrogens is 459 g/mol. The third-order valence-electron chi connectivity index (χ3n) is 6.49. The lowest BCUT2D eigenvalue weighted by Gasteiger charge is -2.35. The number of hydrogen-bond donors (Lipinski definition) is 2. The molecule has 0 amide bonds. The van der Waals surface area contributed by atoms with Crippen LogP contribution in [0.1, 0.15) is 45.2 Å². The van der Waals surface area contributed by atoms with Crippen molar-refractivity contribution in [3.05, 3.63) is 40.1 Å². The number of nitrogens with one attached hydrogen (secondary N) is 2. The van der Waals surface area contributed by atoms with Crippen molar-refractivity contribution in [3.63, 3.8) is 0 Å². The number of Topliss-reactive ketones (excluding diaryl/α,β-unsaturated/α-hetero) is 1. The van der Waals surface area contributed by atoms with Gasteiger partial charge in [0.25, 0.3) is 0 Å². The van der Waals surface area contributed by atoms with Crippen molar-refractivity contribution in [2.45, 2.75) is 51.6 Å². The van der Waals surface area contributed by atoms with E-state index in [2.05, 4.69) is 29.5 Å². The van der Waals surface area contributed by atoms with Gasteiger partial charge in [-0.05, 0) is 70.2 Å². The number of ketones is 1. The number of rotatable bonds is 7. The van der Waals surface area contributed by atoms with Gasteiger partial charge in [0.05, 0.1) is 21.3 Å². The van der Waals surface area contributed by atoms with Crippen molar-refractivity contribution in [2.75, 3.05) is 31.6 Å². The van der Waals surface area contributed by atoms with E-state index < -0.39 is 0 Å². The molecule has 2 saturated heterocycles. The molecule has 2 fully saturated rings. The Balaban J connectivity index is 1.48. The van der Waals surface area contributed by atoms with Crippen molar-refractivity contribution < 1.29 is 9.53 Å². The zero-order chi connectivity index (χ0) is 23.4. The second-order valence-electron chi connectivity index (χ2n) is 9.72. The van der Waals surface area contributed by atoms with E-state index in [4.69, 9.17) is 32.9 Å². The number of aromatic nitrogens is 2. The molecule has 0 radical (unpaired) electrons. The second-order valence-corrected chi connectivity index (χ2v) is 10.5. The third-order valence-corrected chi connectivity index (χ3v) is 7.10. The standard InChI is InChI=1S/C25H32Cl2N4O2/c1-25(2)12-16(7-9-33-25)13-30-23-6-5-20(26)24(31-23)19-10-18(29-15-21(19)27)11-22(32)17-4-3-8-28-14-17/h5-6,10,15-17,28H,3-4,7-9,11-14H2,1-2H3,(H,30,31)/t16?,17-/m1/s1. The predicted octanol–water partition coefficient (Wildman–Crippen LogP) is 5.18. The fourth-order valence-corrected chi connectivity index (χ4v) is 5.12. The number of halogens is 2. The molecule has 0 bridgehead atoms. The fraction of sp³-hybridized carbons (Fsp3) is 0.560. The van der Waals surface area contributed by atoms with Gasteiger partial charge < -0.3 is 15.4 Å². The summed E-state index contributed by atoms with van der Waals surface area (Å²) < 4.78 is 5.82. The van der Waals surface area contributed by atoms with E-state index in [1.807, 2.05) is 18.2 Å². The van der Waals surface area contributed by atoms with Crippen molar-refractivity contribution in [1.29, 1.82) is 0 Å². The number of anilines is 1. The molecule has 6 nitrogen and oxygen atoms in total. The van der Waals surface area contributed by atoms with Gasteiger partial charge in [0.2, 0.25) is 0 Å². The summed E-state index contributed by atoms with van der Waals surface area (Å²) in [5, 5.41) is 7.72. The van der Waals surface area contributed by atoms with E-state index in [0.717, 1.165) is 57.7 Å². The Morgan fingerprint density at radius 3 is 2.88 bits per heavy atom. The summed E-state index contributed by atoms with van der Waals surface area (Å²) in [6.07, 6.45) is 5.86. The van der Waals surface area contributed by atoms with Gasteiger partial charge in [-0.15, -0.1) is 0 Å². The molecule has 2 aromatic heterocycles. The number of hydrogen-bond acceptors (Lipinski definition) is 6. The molecule has 0 spiro atoms. The minimum absolute atomic E-state index is 0.0454. The molecule has 4 rings (SSSR count). The maximum Gasteiger partial charge on any atom is 0.143 e. The van der Waals surface area contributed by atoms with Crippen LogP contribution in [0.15, 0.2) is 24.4 Å². The Bertz CT molecular complexity index is 992. The van der Waals surface area contributed by atoms with Crippen LogP contribution >= 0.6 is 23.2 Å². The van der Waals surface area contributed by atoms with Gasteiger partial charge in [-0.1, -0.05) is 23.2 Å². The van der Waals surface area contributed by atoms with Crippen LogP contribution in [0.3, 0.4) is 0 Å². The quantitative estimate of drug-likeness (QED) is 0.556. The monoisotopic (exact) mass is 490 g/mol. The molecular formula is C25H32Cl2N4O2. The zero-order valence-electron chi connectivity index (χ0n) is 19.3. The number of carbonyl (C=O) groups excluding carboxylic acids is 1. The molecule has 1 unspecified atom stereocenters. The van der Waals surface area contributed by atoms with E-state index in [-0.39, 0.29) is 23.7 Å². The summed E-state index contributed by atoms with van der Waals surface area (Å²) in [6, 6.07) is 5.55. The van der Waals surface area contributed by atoms with Crippen LogP contribution in [0.5, 0.6) is 0 Å². The molecule has 2 aromatic rings. The number of piperidine rings is 1. The third kappa shape index (κ3) is 6.44. The average molecular weight is 491 g/mol. The number of nitrogens with zero attached hydrogens (tertiary/aromatic N) is 2. The van der Waals surface area contributed by atoms with Crippen LogP contribution in [0.4, 0.5) is 5.82 Å². The molecule has 178 valence electrons. The van der Waals surface area contributed by atoms with E-state index in [1.54, 1.807) is 6.20 Å². The summed E-state index contributed by atoms with van der Waals surface area (Å²) in [4.78, 5) is 21.9. The molecule has 2 atom stereocenters. The SMILES string of the molecule is CC1(C)CC(CNc2ccc(Cl)c(-c3cc(CC(=O)[C@@H]4CCCNC4)ncc3Cl)n2)CCO1. The van der Waals surface area contributed by atoms with E-state index >= 15 is 0 Å². The van der Waals surface area contributed by atoms with Crippen LogP contribution in [-0.2, 0) is 16.0 Å². The minimum Gasteiger partial charge on any atom is -0.376 e. The van der Waals surface area contributed by atoms with Gasteiger partial charge in [-0.3, -0.25) is 9.78 Å². The average Bonchev–Trinajstić information content (AvgIpc) is 2.80. The Labute approximate surface area is 205 Å². The summed E-state index contributed by atoms with van der Waals surface area (Å²) >= 11 is 13.0. The Morgan fingerprint density at radius 2 is 2.12 bits per heavy atom. The Kier molecular flexibility index (Phi) is 7.90. The fourth-order valence-electron chi connectivity index (χ4n) is 4.72. The Hall–Kier alpha value is -1.73. The lowest BCUT2D eigenvalue weighted by Crippen LogP contribution is -2.36. The molecule has 2 aliphatic rings. The van der Waals surface area contributed by atoms with Crippen LogP contribution < -0.4 is 10.6 Å². The van der Waals surface area contributed by atoms with Gasteiger partial charge >= 0.3 is 0 Å². The van der Waals surface area contributed by atoms with Crippen LogP contribution in [0, 0.1) is 11.8 Å². The highest BCUT2D eigenvalue weighted by molar-refractivity contribution is 6.36. The molecule has 33 heavy (non-hydrogen) atoms. The first-order chi connectivity index (χ1) is 15.8. The summed E-state index contributed by atoms with van der Waals surface area (Å²) in [5.74, 6) is 1.52. The van der Waals surface area contributed by atoms with E-state index in [0.29, 0.717) is 32.9 Å². The molecule has 2 aliphatic heterocycles. The maximum atomic E-state index is 12.7. The van der Waals surface area contributed by atoms with E-state index in [9.17, 15) is 4.79 Å². The Morgan fingerprint density at radius 1 is 1.27 bits per heavy atom. The number of pyridine rings is 2. The molecule has 8 heteroatoms. The molecule has 0 saturated carbocycles. The molecule has 4 heterocycles. The molecule has 2 N–H and O–H groups in total. The maximum absolute atomic E-state index is 12.7. The van der Waals surface area contributed by atoms with Gasteiger partial charge in [-0.2, -0.15) is 0 Å². The van der Waals surface area contributed by atoms with Gasteiger partial charge in [0, 0.05) is 49.5 Å². The smallest absolute Gasteiger partial charge is 0.143 e. The largest absolute Gasteiger partial charge is 0.376 e. The number of ether oxygens (including phenoxy) is 1. The van der Waals surface area contributed by atoms with Gasteiger partial charge in [0.1, 0.15) is 11.6 Å². The lowest BCUT2D eigenvalue weighted by molar-refractivity contribution is -0.122. The molecule has 0 aliphatic carbocycles. The summed E-state index contributed by atoms with van der Waals surface area (Å²) in [7, 11) is 0. The summed E-state index contributed by atoms with van der Waals surface area (Å²) in [5.41, 5.74) is 1.88. The first-order valence-corrected chi connectivity index (χ1v) is 12.5. The number of carbonyl (C=O) groups is 1. The van der Waals surface area contributed by atoms with Crippen molar-refractivity contribution >= 4 is 34.8 Å². The van der Waals surface area contributed by atoms with E-state index in [1.165, 1.54) is 0 Å². The topological polar surface area (TPSA) is 76.1 Å². The predicted molar refractivity (Wildman–Crippen MR) is 133 cm³/mol. The second kappa shape index (κ2) is 10.7. The zero-order valence-corrected chi connectivity index (χ0v) is 20.8. The van der Waals surface area contributed by atoms with Crippen LogP contribution in [-0.4, -0.2) is 47.6 Å². The highest BCUT2D eigenvalue weighted by atomic mass is 35.5. The lowest BCUT2D eigenvalue weighted by atomic mass is 9.88. The first kappa shape index (κ1) is 24.4. The van der Waals surface area contributed by atoms with Crippen molar-refractivity contribution in [2.24, 2.45) is 11.8 Å². The minimum atomic E-state index is -0.0880. The van der Waals surface area contributed by atoms with Crippen LogP contribution in [0.2, 0.25) is 10.0 Å². The van der Waals surface area contributed by atoms with Gasteiger partial charge in [-0.25, -0.2) is 4.98 Å². The van der Waals surface area contributed by atoms with Crippen molar-refractivity contribution in [3.8, 4) is 11.3 Å². The normalized spacial score (nSPS) is 22.7.